The fraction of sp³-hybridized carbons (Fsp3) is 0.333. The van der Waals surface area contributed by atoms with Gasteiger partial charge in [0.2, 0.25) is 11.8 Å². The van der Waals surface area contributed by atoms with E-state index in [1.807, 2.05) is 4.90 Å². The van der Waals surface area contributed by atoms with E-state index >= 15 is 0 Å². The van der Waals surface area contributed by atoms with Crippen LogP contribution < -0.4 is 20.3 Å². The first-order valence-corrected chi connectivity index (χ1v) is 13.2. The van der Waals surface area contributed by atoms with Crippen LogP contribution in [-0.2, 0) is 14.6 Å². The Bertz CT molecular complexity index is 1450. The molecule has 2 aromatic carbocycles. The number of para-hydroxylation sites is 1. The number of hydrogen-bond acceptors (Lipinski definition) is 11. The number of rotatable bonds is 9. The molecule has 0 unspecified atom stereocenters. The molecule has 0 aliphatic carbocycles. The summed E-state index contributed by atoms with van der Waals surface area (Å²) in [5.41, 5.74) is 0.265. The second kappa shape index (κ2) is 11.1. The van der Waals surface area contributed by atoms with E-state index in [0.717, 1.165) is 12.1 Å². The van der Waals surface area contributed by atoms with Crippen molar-refractivity contribution < 1.29 is 27.2 Å². The lowest BCUT2D eigenvalue weighted by molar-refractivity contribution is -0.387. The number of nitrogens with zero attached hydrogens (tertiary/aromatic N) is 4. The van der Waals surface area contributed by atoms with Crippen LogP contribution in [0.4, 0.5) is 38.9 Å². The molecule has 2 heterocycles. The molecule has 0 radical (unpaired) electrons. The Morgan fingerprint density at radius 2 is 1.87 bits per heavy atom. The molecule has 3 aromatic rings. The van der Waals surface area contributed by atoms with Crippen molar-refractivity contribution in [1.82, 2.24) is 9.97 Å². The summed E-state index contributed by atoms with van der Waals surface area (Å²) in [5, 5.41) is 16.6. The molecule has 0 spiro atoms. The maximum absolute atomic E-state index is 14.1. The van der Waals surface area contributed by atoms with Gasteiger partial charge in [-0.15, -0.1) is 0 Å². The van der Waals surface area contributed by atoms with E-state index in [1.165, 1.54) is 13.2 Å². The predicted octanol–water partition coefficient (Wildman–Crippen LogP) is 4.04. The highest BCUT2D eigenvalue weighted by atomic mass is 32.2. The fourth-order valence-electron chi connectivity index (χ4n) is 3.83. The van der Waals surface area contributed by atoms with Gasteiger partial charge in [0.25, 0.3) is 0 Å². The van der Waals surface area contributed by atoms with Gasteiger partial charge in [-0.3, -0.25) is 10.1 Å². The number of ether oxygens (including phenoxy) is 2. The van der Waals surface area contributed by atoms with Crippen molar-refractivity contribution in [2.24, 2.45) is 0 Å². The van der Waals surface area contributed by atoms with Crippen LogP contribution in [0.15, 0.2) is 47.5 Å². The zero-order valence-corrected chi connectivity index (χ0v) is 21.8. The Hall–Kier alpha value is -4.04. The third-order valence-electron chi connectivity index (χ3n) is 5.90. The highest BCUT2D eigenvalue weighted by Gasteiger charge is 2.25. The zero-order valence-electron chi connectivity index (χ0n) is 21.0. The van der Waals surface area contributed by atoms with Crippen molar-refractivity contribution in [3.63, 3.8) is 0 Å². The first-order chi connectivity index (χ1) is 18.1. The normalized spacial score (nSPS) is 13.9. The Labute approximate surface area is 218 Å². The van der Waals surface area contributed by atoms with Crippen molar-refractivity contribution in [3.8, 4) is 5.75 Å². The summed E-state index contributed by atoms with van der Waals surface area (Å²) in [6.07, 6.45) is 1.55. The minimum Gasteiger partial charge on any atom is -0.494 e. The molecule has 4 rings (SSSR count). The van der Waals surface area contributed by atoms with E-state index in [9.17, 15) is 22.9 Å². The van der Waals surface area contributed by atoms with Gasteiger partial charge in [-0.25, -0.2) is 13.4 Å². The molecule has 2 N–H and O–H groups in total. The van der Waals surface area contributed by atoms with Crippen LogP contribution in [0.5, 0.6) is 5.75 Å². The Balaban J connectivity index is 1.78. The number of aromatic nitrogens is 2. The van der Waals surface area contributed by atoms with E-state index in [1.54, 1.807) is 38.2 Å². The van der Waals surface area contributed by atoms with Crippen LogP contribution in [-0.4, -0.2) is 62.0 Å². The Morgan fingerprint density at radius 3 is 2.53 bits per heavy atom. The lowest BCUT2D eigenvalue weighted by Crippen LogP contribution is -2.36. The van der Waals surface area contributed by atoms with Crippen LogP contribution in [0.3, 0.4) is 0 Å². The molecule has 1 fully saturated rings. The molecular formula is C24H27FN6O6S. The van der Waals surface area contributed by atoms with E-state index in [-0.39, 0.29) is 22.3 Å². The lowest BCUT2D eigenvalue weighted by atomic mass is 10.2. The van der Waals surface area contributed by atoms with E-state index in [0.29, 0.717) is 43.5 Å². The third-order valence-corrected chi connectivity index (χ3v) is 8.11. The average molecular weight is 547 g/mol. The van der Waals surface area contributed by atoms with Gasteiger partial charge in [0.1, 0.15) is 5.75 Å². The minimum absolute atomic E-state index is 0.0110. The number of methoxy groups -OCH3 is 1. The van der Waals surface area contributed by atoms with E-state index < -0.39 is 31.5 Å². The summed E-state index contributed by atoms with van der Waals surface area (Å²) in [6, 6.07) is 8.40. The molecule has 1 saturated heterocycles. The summed E-state index contributed by atoms with van der Waals surface area (Å²) >= 11 is 0. The SMILES string of the molecule is COc1cc(F)c([N+](=O)[O-])cc1Nc1ncc(N2CCOCC2)c(Nc2ccccc2S(=O)(=O)C(C)C)n1. The number of nitro groups is 1. The van der Waals surface area contributed by atoms with Crippen molar-refractivity contribution in [3.05, 3.63) is 58.5 Å². The molecule has 1 aromatic heterocycles. The first-order valence-electron chi connectivity index (χ1n) is 11.7. The highest BCUT2D eigenvalue weighted by Crippen LogP contribution is 2.36. The Kier molecular flexibility index (Phi) is 7.92. The topological polar surface area (TPSA) is 149 Å². The zero-order chi connectivity index (χ0) is 27.4. The van der Waals surface area contributed by atoms with Crippen LogP contribution in [0.25, 0.3) is 0 Å². The largest absolute Gasteiger partial charge is 0.494 e. The van der Waals surface area contributed by atoms with Gasteiger partial charge in [0.15, 0.2) is 15.7 Å². The number of halogens is 1. The van der Waals surface area contributed by atoms with Crippen LogP contribution in [0.1, 0.15) is 13.8 Å². The number of anilines is 5. The van der Waals surface area contributed by atoms with E-state index in [2.05, 4.69) is 20.6 Å². The summed E-state index contributed by atoms with van der Waals surface area (Å²) in [4.78, 5) is 21.4. The number of nitrogens with one attached hydrogen (secondary N) is 2. The molecule has 0 saturated carbocycles. The second-order valence-corrected chi connectivity index (χ2v) is 11.1. The van der Waals surface area contributed by atoms with Gasteiger partial charge in [0, 0.05) is 25.2 Å². The number of nitro benzene ring substituents is 1. The monoisotopic (exact) mass is 546 g/mol. The standard InChI is InChI=1S/C24H27FN6O6S/c1-15(2)38(34,35)22-7-5-4-6-17(22)27-23-20(30-8-10-37-11-9-30)14-26-24(29-23)28-18-13-19(31(32)33)16(25)12-21(18)36-3/h4-7,12-15H,8-11H2,1-3H3,(H2,26,27,28,29). The van der Waals surface area contributed by atoms with Crippen LogP contribution >= 0.6 is 0 Å². The maximum Gasteiger partial charge on any atom is 0.307 e. The number of morpholine rings is 1. The van der Waals surface area contributed by atoms with Gasteiger partial charge in [-0.2, -0.15) is 9.37 Å². The quantitative estimate of drug-likeness (QED) is 0.296. The molecule has 1 aliphatic heterocycles. The summed E-state index contributed by atoms with van der Waals surface area (Å²) in [5.74, 6) is -0.720. The molecule has 12 nitrogen and oxygen atoms in total. The molecular weight excluding hydrogens is 519 g/mol. The van der Waals surface area contributed by atoms with Gasteiger partial charge in [-0.1, -0.05) is 12.1 Å². The first kappa shape index (κ1) is 27.0. The fourth-order valence-corrected chi connectivity index (χ4v) is 5.04. The third kappa shape index (κ3) is 5.60. The molecule has 14 heteroatoms. The number of benzene rings is 2. The molecule has 0 atom stereocenters. The van der Waals surface area contributed by atoms with Gasteiger partial charge >= 0.3 is 5.69 Å². The van der Waals surface area contributed by atoms with Crippen molar-refractivity contribution in [1.29, 1.82) is 0 Å². The van der Waals surface area contributed by atoms with Crippen LogP contribution in [0, 0.1) is 15.9 Å². The average Bonchev–Trinajstić information content (AvgIpc) is 2.90. The molecule has 38 heavy (non-hydrogen) atoms. The second-order valence-electron chi connectivity index (χ2n) is 8.63. The van der Waals surface area contributed by atoms with E-state index in [4.69, 9.17) is 9.47 Å². The minimum atomic E-state index is -3.62. The summed E-state index contributed by atoms with van der Waals surface area (Å²) in [7, 11) is -2.32. The maximum atomic E-state index is 14.1. The van der Waals surface area contributed by atoms with Crippen molar-refractivity contribution in [2.75, 3.05) is 48.9 Å². The lowest BCUT2D eigenvalue weighted by Gasteiger charge is -2.30. The number of sulfone groups is 1. The molecule has 0 amide bonds. The van der Waals surface area contributed by atoms with Crippen molar-refractivity contribution in [2.45, 2.75) is 24.0 Å². The smallest absolute Gasteiger partial charge is 0.307 e. The predicted molar refractivity (Wildman–Crippen MR) is 140 cm³/mol. The molecule has 0 bridgehead atoms. The van der Waals surface area contributed by atoms with Gasteiger partial charge in [0.05, 0.1) is 58.7 Å². The summed E-state index contributed by atoms with van der Waals surface area (Å²) in [6.45, 7) is 5.33. The van der Waals surface area contributed by atoms with Gasteiger partial charge in [-0.05, 0) is 26.0 Å². The summed E-state index contributed by atoms with van der Waals surface area (Å²) < 4.78 is 50.7. The molecule has 202 valence electrons. The van der Waals surface area contributed by atoms with Gasteiger partial charge < -0.3 is 25.0 Å². The molecule has 1 aliphatic rings. The number of hydrogen-bond donors (Lipinski definition) is 2. The van der Waals surface area contributed by atoms with Crippen LogP contribution in [0.2, 0.25) is 0 Å². The highest BCUT2D eigenvalue weighted by molar-refractivity contribution is 7.92. The Morgan fingerprint density at radius 1 is 1.16 bits per heavy atom. The van der Waals surface area contributed by atoms with Crippen molar-refractivity contribution >= 4 is 44.4 Å².